The Morgan fingerprint density at radius 2 is 1.92 bits per heavy atom. The molecule has 2 aliphatic carbocycles. The predicted molar refractivity (Wildman–Crippen MR) is 129 cm³/mol. The minimum Gasteiger partial charge on any atom is -0.316 e. The van der Waals surface area contributed by atoms with E-state index in [2.05, 4.69) is 14.8 Å². The lowest BCUT2D eigenvalue weighted by Crippen LogP contribution is -2.63. The summed E-state index contributed by atoms with van der Waals surface area (Å²) in [6.07, 6.45) is 6.77. The van der Waals surface area contributed by atoms with Crippen molar-refractivity contribution in [3.05, 3.63) is 47.5 Å². The number of rotatable bonds is 8. The summed E-state index contributed by atoms with van der Waals surface area (Å²) in [5.41, 5.74) is 1.40. The fraction of sp³-hybridized carbons (Fsp3) is 0.583. The second-order valence-corrected chi connectivity index (χ2v) is 12.3. The van der Waals surface area contributed by atoms with Gasteiger partial charge in [0.05, 0.1) is 29.4 Å². The first-order valence-corrected chi connectivity index (χ1v) is 13.8. The summed E-state index contributed by atoms with van der Waals surface area (Å²) in [5, 5.41) is 3.31. The van der Waals surface area contributed by atoms with Crippen LogP contribution in [0.4, 0.5) is 9.18 Å². The summed E-state index contributed by atoms with van der Waals surface area (Å²) in [6.45, 7) is 1.46. The molecule has 3 atom stereocenters. The van der Waals surface area contributed by atoms with Crippen LogP contribution in [-0.2, 0) is 35.0 Å². The van der Waals surface area contributed by atoms with Gasteiger partial charge < -0.3 is 4.90 Å². The molecule has 12 heteroatoms. The molecule has 194 valence electrons. The average Bonchev–Trinajstić information content (AvgIpc) is 3.50. The second-order valence-electron chi connectivity index (χ2n) is 10.3. The number of fused-ring (bicyclic) bond motifs is 1. The van der Waals surface area contributed by atoms with Crippen LogP contribution in [0.25, 0.3) is 0 Å². The molecular formula is C24H31FN6O4S. The summed E-state index contributed by atoms with van der Waals surface area (Å²) < 4.78 is 43.8. The minimum atomic E-state index is -3.82. The number of carbonyl (C=O) groups is 2. The highest BCUT2D eigenvalue weighted by Gasteiger charge is 2.53. The number of sulfonamides is 1. The molecule has 3 unspecified atom stereocenters. The quantitative estimate of drug-likeness (QED) is 0.572. The Kier molecular flexibility index (Phi) is 6.36. The summed E-state index contributed by atoms with van der Waals surface area (Å²) in [6, 6.07) is 2.95. The van der Waals surface area contributed by atoms with Crippen molar-refractivity contribution in [3.8, 4) is 0 Å². The van der Waals surface area contributed by atoms with Crippen LogP contribution in [0.1, 0.15) is 48.9 Å². The van der Waals surface area contributed by atoms with Crippen molar-refractivity contribution in [1.82, 2.24) is 29.3 Å². The van der Waals surface area contributed by atoms with Gasteiger partial charge in [-0.25, -0.2) is 22.3 Å². The van der Waals surface area contributed by atoms with E-state index < -0.39 is 45.5 Å². The number of aryl methyl sites for hydroxylation is 2. The summed E-state index contributed by atoms with van der Waals surface area (Å²) in [4.78, 5) is 34.4. The van der Waals surface area contributed by atoms with Gasteiger partial charge in [-0.3, -0.25) is 19.4 Å². The van der Waals surface area contributed by atoms with Crippen LogP contribution in [-0.4, -0.2) is 68.4 Å². The van der Waals surface area contributed by atoms with E-state index in [1.165, 1.54) is 4.90 Å². The highest BCUT2D eigenvalue weighted by Crippen LogP contribution is 2.41. The van der Waals surface area contributed by atoms with Crippen LogP contribution in [0.15, 0.2) is 30.7 Å². The highest BCUT2D eigenvalue weighted by molar-refractivity contribution is 7.90. The predicted octanol–water partition coefficient (Wildman–Crippen LogP) is 2.05. The van der Waals surface area contributed by atoms with Gasteiger partial charge in [-0.1, -0.05) is 6.07 Å². The number of pyridine rings is 1. The van der Waals surface area contributed by atoms with Crippen molar-refractivity contribution >= 4 is 22.0 Å². The molecule has 5 rings (SSSR count). The van der Waals surface area contributed by atoms with Gasteiger partial charge in [-0.2, -0.15) is 5.10 Å². The van der Waals surface area contributed by atoms with E-state index in [0.29, 0.717) is 31.2 Å². The average molecular weight is 519 g/mol. The number of amides is 3. The zero-order valence-corrected chi connectivity index (χ0v) is 21.2. The maximum atomic E-state index is 13.6. The first-order chi connectivity index (χ1) is 17.1. The first-order valence-electron chi connectivity index (χ1n) is 12.2. The smallest absolute Gasteiger partial charge is 0.316 e. The second kappa shape index (κ2) is 9.22. The molecule has 1 aliphatic heterocycles. The van der Waals surface area contributed by atoms with E-state index in [-0.39, 0.29) is 25.4 Å². The molecule has 3 amide bonds. The number of carbonyl (C=O) groups excluding carboxylic acids is 2. The SMILES string of the molecule is Cc1ccc(CN2C(=O)N(Cc3cnn(C)c3)C(=O)C3CC(S(=O)(=O)NC4(CF)CC4)CCC32)cn1. The van der Waals surface area contributed by atoms with Gasteiger partial charge in [0.1, 0.15) is 6.67 Å². The summed E-state index contributed by atoms with van der Waals surface area (Å²) in [5.74, 6) is -1.05. The number of nitrogens with zero attached hydrogens (tertiary/aromatic N) is 5. The van der Waals surface area contributed by atoms with Gasteiger partial charge in [0.15, 0.2) is 0 Å². The lowest BCUT2D eigenvalue weighted by atomic mass is 9.80. The molecule has 0 bridgehead atoms. The molecule has 1 N–H and O–H groups in total. The van der Waals surface area contributed by atoms with Crippen molar-refractivity contribution in [2.45, 2.75) is 68.9 Å². The molecule has 3 heterocycles. The largest absolute Gasteiger partial charge is 0.327 e. The lowest BCUT2D eigenvalue weighted by molar-refractivity contribution is -0.141. The standard InChI is InChI=1S/C24H31FN6O4S/c1-16-3-4-17(10-26-16)13-30-21-6-5-19(36(34,35)28-24(15-25)7-8-24)9-20(21)22(32)31(23(30)33)14-18-11-27-29(2)12-18/h3-4,10-12,19-21,28H,5-9,13-15H2,1-2H3. The molecule has 2 aromatic heterocycles. The molecule has 10 nitrogen and oxygen atoms in total. The van der Waals surface area contributed by atoms with Gasteiger partial charge >= 0.3 is 6.03 Å². The van der Waals surface area contributed by atoms with E-state index in [9.17, 15) is 22.4 Å². The van der Waals surface area contributed by atoms with E-state index in [4.69, 9.17) is 0 Å². The van der Waals surface area contributed by atoms with Crippen molar-refractivity contribution in [2.24, 2.45) is 13.0 Å². The third-order valence-corrected chi connectivity index (χ3v) is 9.58. The Bertz CT molecular complexity index is 1260. The van der Waals surface area contributed by atoms with Crippen molar-refractivity contribution < 1.29 is 22.4 Å². The van der Waals surface area contributed by atoms with Crippen LogP contribution in [0.3, 0.4) is 0 Å². The third-order valence-electron chi connectivity index (χ3n) is 7.56. The Labute approximate surface area is 209 Å². The fourth-order valence-corrected chi connectivity index (χ4v) is 7.22. The number of imide groups is 1. The van der Waals surface area contributed by atoms with Crippen molar-refractivity contribution in [2.75, 3.05) is 6.67 Å². The number of halogens is 1. The van der Waals surface area contributed by atoms with E-state index in [0.717, 1.165) is 11.3 Å². The van der Waals surface area contributed by atoms with Crippen LogP contribution in [0.5, 0.6) is 0 Å². The molecule has 36 heavy (non-hydrogen) atoms. The lowest BCUT2D eigenvalue weighted by Gasteiger charge is -2.48. The molecule has 1 saturated heterocycles. The van der Waals surface area contributed by atoms with Crippen molar-refractivity contribution in [3.63, 3.8) is 0 Å². The molecule has 0 aromatic carbocycles. The molecule has 0 spiro atoms. The summed E-state index contributed by atoms with van der Waals surface area (Å²) >= 11 is 0. The maximum absolute atomic E-state index is 13.6. The number of hydrogen-bond acceptors (Lipinski definition) is 6. The molecule has 2 aromatic rings. The maximum Gasteiger partial charge on any atom is 0.327 e. The van der Waals surface area contributed by atoms with Crippen LogP contribution >= 0.6 is 0 Å². The Morgan fingerprint density at radius 3 is 2.53 bits per heavy atom. The minimum absolute atomic E-state index is 0.0536. The molecule has 3 fully saturated rings. The van der Waals surface area contributed by atoms with Crippen LogP contribution in [0.2, 0.25) is 0 Å². The molecule has 2 saturated carbocycles. The monoisotopic (exact) mass is 518 g/mol. The number of nitrogens with one attached hydrogen (secondary N) is 1. The Hall–Kier alpha value is -2.86. The van der Waals surface area contributed by atoms with Gasteiger partial charge in [0, 0.05) is 43.3 Å². The highest BCUT2D eigenvalue weighted by atomic mass is 32.2. The van der Waals surface area contributed by atoms with Crippen LogP contribution < -0.4 is 4.72 Å². The summed E-state index contributed by atoms with van der Waals surface area (Å²) in [7, 11) is -2.07. The van der Waals surface area contributed by atoms with E-state index in [1.807, 2.05) is 19.1 Å². The fourth-order valence-electron chi connectivity index (χ4n) is 5.28. The zero-order valence-electron chi connectivity index (χ0n) is 20.4. The number of alkyl halides is 1. The van der Waals surface area contributed by atoms with Gasteiger partial charge in [-0.05, 0) is 50.7 Å². The molecular weight excluding hydrogens is 487 g/mol. The first kappa shape index (κ1) is 24.8. The Morgan fingerprint density at radius 1 is 1.14 bits per heavy atom. The number of urea groups is 1. The zero-order chi connectivity index (χ0) is 25.7. The third kappa shape index (κ3) is 4.75. The van der Waals surface area contributed by atoms with Gasteiger partial charge in [-0.15, -0.1) is 0 Å². The molecule has 3 aliphatic rings. The normalized spacial score (nSPS) is 25.7. The van der Waals surface area contributed by atoms with E-state index in [1.54, 1.807) is 35.2 Å². The van der Waals surface area contributed by atoms with E-state index >= 15 is 0 Å². The van der Waals surface area contributed by atoms with Gasteiger partial charge in [0.2, 0.25) is 15.9 Å². The van der Waals surface area contributed by atoms with Crippen molar-refractivity contribution in [1.29, 1.82) is 0 Å². The molecule has 0 radical (unpaired) electrons. The number of hydrogen-bond donors (Lipinski definition) is 1. The topological polar surface area (TPSA) is 118 Å². The van der Waals surface area contributed by atoms with Crippen LogP contribution in [0, 0.1) is 12.8 Å². The number of aromatic nitrogens is 3. The Balaban J connectivity index is 1.42. The van der Waals surface area contributed by atoms with Gasteiger partial charge in [0.25, 0.3) is 0 Å².